The molecule has 0 saturated carbocycles. The predicted octanol–water partition coefficient (Wildman–Crippen LogP) is 4.38. The number of nitrogens with zero attached hydrogens (tertiary/aromatic N) is 1. The second-order valence-corrected chi connectivity index (χ2v) is 9.81. The van der Waals surface area contributed by atoms with Crippen molar-refractivity contribution in [2.75, 3.05) is 14.2 Å². The number of quaternary nitrogens is 1. The Morgan fingerprint density at radius 1 is 0.816 bits per heavy atom. The molecule has 8 heteroatoms. The number of benzene rings is 5. The number of non-ortho nitro benzene ring substituents is 1. The minimum absolute atomic E-state index is 0.0603. The molecule has 38 heavy (non-hydrogen) atoms. The lowest BCUT2D eigenvalue weighted by molar-refractivity contribution is -0.907. The Labute approximate surface area is 220 Å². The largest absolute Gasteiger partial charge is 0.654 e. The molecule has 0 fully saturated rings. The van der Waals surface area contributed by atoms with Gasteiger partial charge in [-0.3, -0.25) is 10.1 Å². The van der Waals surface area contributed by atoms with Crippen molar-refractivity contribution < 1.29 is 23.8 Å². The summed E-state index contributed by atoms with van der Waals surface area (Å²) in [5.74, 6) is 0.731. The van der Waals surface area contributed by atoms with Crippen LogP contribution in [0.5, 0.6) is 11.5 Å². The molecule has 1 unspecified atom stereocenters. The van der Waals surface area contributed by atoms with Gasteiger partial charge in [0.1, 0.15) is 24.6 Å². The van der Waals surface area contributed by atoms with Gasteiger partial charge < -0.3 is 18.9 Å². The molecule has 1 N–H and O–H groups in total. The Kier molecular flexibility index (Phi) is 5.98. The summed E-state index contributed by atoms with van der Waals surface area (Å²) in [5, 5.41) is 16.3. The van der Waals surface area contributed by atoms with Crippen molar-refractivity contribution in [1.82, 2.24) is 0 Å². The van der Waals surface area contributed by atoms with Crippen molar-refractivity contribution in [3.05, 3.63) is 118 Å². The molecule has 0 spiro atoms. The molecule has 0 saturated heterocycles. The molecule has 5 aromatic rings. The number of nitrogens with one attached hydrogen (secondary N) is 1. The number of hydrogen-bond donors (Lipinski definition) is 1. The van der Waals surface area contributed by atoms with E-state index in [1.54, 1.807) is 6.07 Å². The summed E-state index contributed by atoms with van der Waals surface area (Å²) in [6.07, 6.45) is 0. The Balaban J connectivity index is 1.33. The number of rotatable bonds is 7. The summed E-state index contributed by atoms with van der Waals surface area (Å²) in [6, 6.07) is 31.6. The van der Waals surface area contributed by atoms with Crippen LogP contribution < -0.4 is 19.7 Å². The summed E-state index contributed by atoms with van der Waals surface area (Å²) in [6.45, 7) is -0.842. The Hall–Kier alpha value is -4.40. The van der Waals surface area contributed by atoms with Gasteiger partial charge in [-0.25, -0.2) is 0 Å². The van der Waals surface area contributed by atoms with Crippen LogP contribution in [0.3, 0.4) is 0 Å². The number of nitro groups is 1. The number of hydrogen-bond acceptors (Lipinski definition) is 5. The number of nitro benzene ring substituents is 1. The third kappa shape index (κ3) is 4.14. The monoisotopic (exact) mass is 506 g/mol. The van der Waals surface area contributed by atoms with Crippen molar-refractivity contribution in [2.24, 2.45) is 0 Å². The highest BCUT2D eigenvalue weighted by molar-refractivity contribution is 6.77. The molecule has 7 nitrogen and oxygen atoms in total. The van der Waals surface area contributed by atoms with Crippen molar-refractivity contribution in [3.63, 3.8) is 0 Å². The van der Waals surface area contributed by atoms with E-state index in [-0.39, 0.29) is 5.69 Å². The van der Waals surface area contributed by atoms with Crippen molar-refractivity contribution in [1.29, 1.82) is 0 Å². The molecule has 5 aromatic carbocycles. The highest BCUT2D eigenvalue weighted by Crippen LogP contribution is 2.40. The summed E-state index contributed by atoms with van der Waals surface area (Å²) in [7, 11) is 3.71. The van der Waals surface area contributed by atoms with Gasteiger partial charge in [0.15, 0.2) is 0 Å². The van der Waals surface area contributed by atoms with Gasteiger partial charge in [0.2, 0.25) is 0 Å². The normalized spacial score (nSPS) is 17.1. The lowest BCUT2D eigenvalue weighted by Crippen LogP contribution is -3.06. The molecule has 6 rings (SSSR count). The maximum Gasteiger partial charge on any atom is 0.523 e. The smallest absolute Gasteiger partial charge is 0.523 e. The quantitative estimate of drug-likeness (QED) is 0.154. The van der Waals surface area contributed by atoms with E-state index in [0.29, 0.717) is 18.0 Å². The second kappa shape index (κ2) is 9.48. The zero-order valence-corrected chi connectivity index (χ0v) is 21.2. The van der Waals surface area contributed by atoms with Crippen LogP contribution in [-0.4, -0.2) is 25.8 Å². The highest BCUT2D eigenvalue weighted by Gasteiger charge is 2.43. The van der Waals surface area contributed by atoms with Crippen LogP contribution in [0.4, 0.5) is 5.69 Å². The molecular weight excluding hydrogens is 479 g/mol. The molecule has 1 heterocycles. The van der Waals surface area contributed by atoms with Crippen LogP contribution in [-0.2, 0) is 17.7 Å². The first-order valence-electron chi connectivity index (χ1n) is 12.6. The van der Waals surface area contributed by atoms with E-state index in [2.05, 4.69) is 67.7 Å². The minimum atomic E-state index is -2.36. The predicted molar refractivity (Wildman–Crippen MR) is 149 cm³/mol. The fourth-order valence-electron chi connectivity index (χ4n) is 5.54. The van der Waals surface area contributed by atoms with Gasteiger partial charge in [-0.15, -0.1) is 0 Å². The standard InChI is InChI=1S/C30H26BN2O5/c1-32(20-27-25-12-6-3-9-21(25)17-22-10-4-7-13-26(22)27)19-23-11-5-8-14-28(23)31(36-2)37-29-16-15-24(33(34)35)18-30(29)38-31/h3-18H,19-20H2,1-2H3/q-1/p+1/t31-/m0/s1. The molecule has 2 atom stereocenters. The van der Waals surface area contributed by atoms with E-state index < -0.39 is 11.7 Å². The van der Waals surface area contributed by atoms with Gasteiger partial charge in [0.05, 0.1) is 18.0 Å². The third-order valence-corrected chi connectivity index (χ3v) is 7.30. The average Bonchev–Trinajstić information content (AvgIpc) is 3.32. The van der Waals surface area contributed by atoms with Gasteiger partial charge in [0.25, 0.3) is 5.69 Å². The van der Waals surface area contributed by atoms with Gasteiger partial charge in [0, 0.05) is 11.6 Å². The molecule has 190 valence electrons. The zero-order chi connectivity index (χ0) is 26.3. The van der Waals surface area contributed by atoms with Gasteiger partial charge in [-0.1, -0.05) is 78.3 Å². The topological polar surface area (TPSA) is 75.3 Å². The minimum Gasteiger partial charge on any atom is -0.654 e. The molecule has 1 aliphatic heterocycles. The first-order valence-corrected chi connectivity index (χ1v) is 12.6. The first-order chi connectivity index (χ1) is 18.5. The van der Waals surface area contributed by atoms with Gasteiger partial charge in [-0.05, 0) is 46.4 Å². The molecule has 0 amide bonds. The van der Waals surface area contributed by atoms with Crippen molar-refractivity contribution in [3.8, 4) is 11.5 Å². The summed E-state index contributed by atoms with van der Waals surface area (Å²) in [5.41, 5.74) is 3.07. The molecule has 0 bridgehead atoms. The Morgan fingerprint density at radius 3 is 2.13 bits per heavy atom. The van der Waals surface area contributed by atoms with E-state index in [4.69, 9.17) is 14.0 Å². The fourth-order valence-corrected chi connectivity index (χ4v) is 5.54. The van der Waals surface area contributed by atoms with E-state index in [9.17, 15) is 10.1 Å². The van der Waals surface area contributed by atoms with Crippen LogP contribution in [0, 0.1) is 10.1 Å². The Morgan fingerprint density at radius 2 is 1.45 bits per heavy atom. The SMILES string of the molecule is CO[B@@-]1(c2ccccc2C[NH+](C)Cc2c3ccccc3cc3ccccc23)Oc2ccc([N+](=O)[O-])cc2O1. The molecular formula is C30H27BN2O5. The molecule has 1 aliphatic rings. The van der Waals surface area contributed by atoms with Crippen molar-refractivity contribution in [2.45, 2.75) is 13.1 Å². The summed E-state index contributed by atoms with van der Waals surface area (Å²) >= 11 is 0. The van der Waals surface area contributed by atoms with Gasteiger partial charge >= 0.3 is 6.75 Å². The summed E-state index contributed by atoms with van der Waals surface area (Å²) < 4.78 is 18.2. The lowest BCUT2D eigenvalue weighted by Gasteiger charge is -2.36. The molecule has 0 radical (unpaired) electrons. The van der Waals surface area contributed by atoms with Crippen LogP contribution in [0.2, 0.25) is 0 Å². The number of fused-ring (bicyclic) bond motifs is 3. The van der Waals surface area contributed by atoms with E-state index in [1.807, 2.05) is 18.2 Å². The van der Waals surface area contributed by atoms with Crippen LogP contribution in [0.15, 0.2) is 97.1 Å². The van der Waals surface area contributed by atoms with Crippen LogP contribution in [0.25, 0.3) is 21.5 Å². The second-order valence-electron chi connectivity index (χ2n) is 9.81. The van der Waals surface area contributed by atoms with E-state index in [1.165, 1.54) is 51.3 Å². The van der Waals surface area contributed by atoms with Gasteiger partial charge in [-0.2, -0.15) is 0 Å². The average molecular weight is 506 g/mol. The lowest BCUT2D eigenvalue weighted by atomic mass is 9.67. The zero-order valence-electron chi connectivity index (χ0n) is 21.2. The highest BCUT2D eigenvalue weighted by atomic mass is 16.8. The molecule has 0 aliphatic carbocycles. The van der Waals surface area contributed by atoms with Crippen LogP contribution >= 0.6 is 0 Å². The fraction of sp³-hybridized carbons (Fsp3) is 0.133. The third-order valence-electron chi connectivity index (χ3n) is 7.30. The van der Waals surface area contributed by atoms with Crippen LogP contribution in [0.1, 0.15) is 11.1 Å². The van der Waals surface area contributed by atoms with Crippen molar-refractivity contribution >= 4 is 39.4 Å². The maximum atomic E-state index is 11.3. The summed E-state index contributed by atoms with van der Waals surface area (Å²) in [4.78, 5) is 12.1. The van der Waals surface area contributed by atoms with E-state index >= 15 is 0 Å². The first kappa shape index (κ1) is 24.0. The molecule has 0 aromatic heterocycles. The maximum absolute atomic E-state index is 11.3. The van der Waals surface area contributed by atoms with E-state index in [0.717, 1.165) is 17.6 Å². The Bertz CT molecular complexity index is 1640.